The van der Waals surface area contributed by atoms with Gasteiger partial charge in [0.15, 0.2) is 11.5 Å². The van der Waals surface area contributed by atoms with Crippen molar-refractivity contribution >= 4 is 23.0 Å². The number of nitrogen functional groups attached to an aromatic ring is 1. The minimum absolute atomic E-state index is 0.0699. The number of rotatable bonds is 5. The molecule has 0 amide bonds. The summed E-state index contributed by atoms with van der Waals surface area (Å²) in [6, 6.07) is 0. The molecular weight excluding hydrogens is 258 g/mol. The zero-order valence-electron chi connectivity index (χ0n) is 11.3. The van der Waals surface area contributed by atoms with E-state index in [0.717, 1.165) is 12.8 Å². The number of nitrogens with two attached hydrogens (primary N) is 1. The van der Waals surface area contributed by atoms with Gasteiger partial charge in [-0.25, -0.2) is 15.0 Å². The number of ether oxygens (including phenoxy) is 1. The summed E-state index contributed by atoms with van der Waals surface area (Å²) in [5, 5.41) is 0. The molecule has 1 fully saturated rings. The monoisotopic (exact) mass is 275 g/mol. The molecule has 2 aromatic heterocycles. The zero-order chi connectivity index (χ0) is 14.1. The molecule has 0 spiro atoms. The summed E-state index contributed by atoms with van der Waals surface area (Å²) >= 11 is 0. The number of aryl methyl sites for hydroxylation is 1. The van der Waals surface area contributed by atoms with Gasteiger partial charge in [0.1, 0.15) is 11.8 Å². The maximum Gasteiger partial charge on any atom is 0.309 e. The van der Waals surface area contributed by atoms with Crippen LogP contribution in [0.25, 0.3) is 11.2 Å². The normalized spacial score (nSPS) is 21.1. The molecule has 0 saturated heterocycles. The number of anilines is 1. The number of aromatic nitrogens is 4. The standard InChI is InChI=1S/C13H17N5O2/c1-8-5-9(8)13(19)20-4-2-3-18-7-17-10-11(14)15-6-16-12(10)18/h6-9H,2-5H2,1H3,(H2,14,15,16). The van der Waals surface area contributed by atoms with E-state index in [1.807, 2.05) is 4.57 Å². The zero-order valence-corrected chi connectivity index (χ0v) is 11.3. The van der Waals surface area contributed by atoms with E-state index in [4.69, 9.17) is 10.5 Å². The minimum atomic E-state index is -0.0699. The molecule has 2 N–H and O–H groups in total. The van der Waals surface area contributed by atoms with Crippen molar-refractivity contribution in [2.75, 3.05) is 12.3 Å². The Kier molecular flexibility index (Phi) is 3.25. The van der Waals surface area contributed by atoms with E-state index in [0.29, 0.717) is 36.1 Å². The Bertz CT molecular complexity index is 639. The summed E-state index contributed by atoms with van der Waals surface area (Å²) in [6.07, 6.45) is 4.79. The molecule has 3 rings (SSSR count). The molecule has 7 nitrogen and oxygen atoms in total. The molecule has 2 aromatic rings. The van der Waals surface area contributed by atoms with Crippen LogP contribution in [0.1, 0.15) is 19.8 Å². The lowest BCUT2D eigenvalue weighted by molar-refractivity contribution is -0.145. The van der Waals surface area contributed by atoms with Crippen LogP contribution < -0.4 is 5.73 Å². The average Bonchev–Trinajstić information content (AvgIpc) is 3.01. The second-order valence-corrected chi connectivity index (χ2v) is 5.21. The molecule has 0 aromatic carbocycles. The number of hydrogen-bond acceptors (Lipinski definition) is 6. The summed E-state index contributed by atoms with van der Waals surface area (Å²) in [7, 11) is 0. The molecule has 2 unspecified atom stereocenters. The van der Waals surface area contributed by atoms with Gasteiger partial charge in [-0.3, -0.25) is 4.79 Å². The summed E-state index contributed by atoms with van der Waals surface area (Å²) in [6.45, 7) is 3.16. The van der Waals surface area contributed by atoms with Crippen LogP contribution in [0.5, 0.6) is 0 Å². The Morgan fingerprint density at radius 3 is 3.05 bits per heavy atom. The number of imidazole rings is 1. The van der Waals surface area contributed by atoms with Gasteiger partial charge in [0.2, 0.25) is 0 Å². The van der Waals surface area contributed by atoms with Gasteiger partial charge < -0.3 is 15.0 Å². The van der Waals surface area contributed by atoms with Gasteiger partial charge in [0.05, 0.1) is 18.9 Å². The molecule has 7 heteroatoms. The van der Waals surface area contributed by atoms with Crippen molar-refractivity contribution in [3.05, 3.63) is 12.7 Å². The van der Waals surface area contributed by atoms with Crippen molar-refractivity contribution in [1.82, 2.24) is 19.5 Å². The van der Waals surface area contributed by atoms with Gasteiger partial charge >= 0.3 is 5.97 Å². The van der Waals surface area contributed by atoms with Crippen molar-refractivity contribution < 1.29 is 9.53 Å². The Hall–Kier alpha value is -2.18. The molecule has 0 radical (unpaired) electrons. The van der Waals surface area contributed by atoms with Crippen LogP contribution in [0.4, 0.5) is 5.82 Å². The van der Waals surface area contributed by atoms with E-state index < -0.39 is 0 Å². The summed E-state index contributed by atoms with van der Waals surface area (Å²) in [5.74, 6) is 0.916. The topological polar surface area (TPSA) is 95.9 Å². The molecule has 2 atom stereocenters. The van der Waals surface area contributed by atoms with Crippen LogP contribution in [0.3, 0.4) is 0 Å². The van der Waals surface area contributed by atoms with E-state index in [1.165, 1.54) is 6.33 Å². The number of nitrogens with zero attached hydrogens (tertiary/aromatic N) is 4. The molecule has 0 bridgehead atoms. The molecule has 106 valence electrons. The van der Waals surface area contributed by atoms with E-state index in [-0.39, 0.29) is 11.9 Å². The number of fused-ring (bicyclic) bond motifs is 1. The predicted molar refractivity (Wildman–Crippen MR) is 72.6 cm³/mol. The molecular formula is C13H17N5O2. The number of carbonyl (C=O) groups is 1. The highest BCUT2D eigenvalue weighted by atomic mass is 16.5. The second-order valence-electron chi connectivity index (χ2n) is 5.21. The Labute approximate surface area is 116 Å². The van der Waals surface area contributed by atoms with Crippen LogP contribution >= 0.6 is 0 Å². The predicted octanol–water partition coefficient (Wildman–Crippen LogP) is 0.998. The second kappa shape index (κ2) is 5.07. The van der Waals surface area contributed by atoms with Gasteiger partial charge in [-0.1, -0.05) is 6.92 Å². The first-order chi connectivity index (χ1) is 9.66. The van der Waals surface area contributed by atoms with Gasteiger partial charge in [-0.2, -0.15) is 0 Å². The molecule has 1 saturated carbocycles. The fourth-order valence-corrected chi connectivity index (χ4v) is 2.23. The molecule has 1 aliphatic carbocycles. The SMILES string of the molecule is CC1CC1C(=O)OCCCn1cnc2c(N)ncnc21. The third kappa shape index (κ3) is 2.43. The van der Waals surface area contributed by atoms with E-state index in [2.05, 4.69) is 21.9 Å². The highest BCUT2D eigenvalue weighted by molar-refractivity contribution is 5.81. The minimum Gasteiger partial charge on any atom is -0.465 e. The molecule has 2 heterocycles. The largest absolute Gasteiger partial charge is 0.465 e. The first-order valence-electron chi connectivity index (χ1n) is 6.74. The fraction of sp³-hybridized carbons (Fsp3) is 0.538. The third-order valence-corrected chi connectivity index (χ3v) is 3.63. The lowest BCUT2D eigenvalue weighted by Gasteiger charge is -2.05. The van der Waals surface area contributed by atoms with Gasteiger partial charge in [-0.05, 0) is 18.8 Å². The lowest BCUT2D eigenvalue weighted by atomic mass is 10.3. The maximum absolute atomic E-state index is 11.6. The first-order valence-corrected chi connectivity index (χ1v) is 6.74. The van der Waals surface area contributed by atoms with Crippen LogP contribution in [0, 0.1) is 11.8 Å². The third-order valence-electron chi connectivity index (χ3n) is 3.63. The van der Waals surface area contributed by atoms with Gasteiger partial charge in [0.25, 0.3) is 0 Å². The van der Waals surface area contributed by atoms with Crippen LogP contribution in [0.2, 0.25) is 0 Å². The van der Waals surface area contributed by atoms with Crippen LogP contribution in [-0.2, 0) is 16.1 Å². The van der Waals surface area contributed by atoms with Gasteiger partial charge in [-0.15, -0.1) is 0 Å². The molecule has 0 aliphatic heterocycles. The molecule has 20 heavy (non-hydrogen) atoms. The van der Waals surface area contributed by atoms with E-state index >= 15 is 0 Å². The molecule has 1 aliphatic rings. The summed E-state index contributed by atoms with van der Waals surface area (Å²) in [5.41, 5.74) is 7.04. The summed E-state index contributed by atoms with van der Waals surface area (Å²) in [4.78, 5) is 23.8. The van der Waals surface area contributed by atoms with Crippen molar-refractivity contribution in [2.24, 2.45) is 11.8 Å². The van der Waals surface area contributed by atoms with Crippen molar-refractivity contribution in [2.45, 2.75) is 26.3 Å². The van der Waals surface area contributed by atoms with Gasteiger partial charge in [0, 0.05) is 6.54 Å². The fourth-order valence-electron chi connectivity index (χ4n) is 2.23. The maximum atomic E-state index is 11.6. The highest BCUT2D eigenvalue weighted by Crippen LogP contribution is 2.38. The van der Waals surface area contributed by atoms with Crippen LogP contribution in [0.15, 0.2) is 12.7 Å². The smallest absolute Gasteiger partial charge is 0.309 e. The van der Waals surface area contributed by atoms with Crippen molar-refractivity contribution in [3.8, 4) is 0 Å². The van der Waals surface area contributed by atoms with E-state index in [9.17, 15) is 4.79 Å². The highest BCUT2D eigenvalue weighted by Gasteiger charge is 2.40. The first kappa shape index (κ1) is 12.8. The lowest BCUT2D eigenvalue weighted by Crippen LogP contribution is -2.10. The summed E-state index contributed by atoms with van der Waals surface area (Å²) < 4.78 is 7.13. The Morgan fingerprint density at radius 2 is 2.30 bits per heavy atom. The van der Waals surface area contributed by atoms with Crippen LogP contribution in [-0.4, -0.2) is 32.1 Å². The Morgan fingerprint density at radius 1 is 1.50 bits per heavy atom. The van der Waals surface area contributed by atoms with Crippen molar-refractivity contribution in [3.63, 3.8) is 0 Å². The number of carbonyl (C=O) groups excluding carboxylic acids is 1. The quantitative estimate of drug-likeness (QED) is 0.646. The average molecular weight is 275 g/mol. The van der Waals surface area contributed by atoms with Crippen molar-refractivity contribution in [1.29, 1.82) is 0 Å². The number of hydrogen-bond donors (Lipinski definition) is 1. The van der Waals surface area contributed by atoms with E-state index in [1.54, 1.807) is 6.33 Å². The Balaban J connectivity index is 1.53. The number of esters is 1.